The molecule has 0 N–H and O–H groups in total. The lowest BCUT2D eigenvalue weighted by molar-refractivity contribution is -0.154. The van der Waals surface area contributed by atoms with Gasteiger partial charge < -0.3 is 9.64 Å². The van der Waals surface area contributed by atoms with E-state index in [0.717, 1.165) is 69.4 Å². The highest BCUT2D eigenvalue weighted by Gasteiger charge is 2.29. The number of ether oxygens (including phenoxy) is 1. The number of amides is 1. The first-order valence-electron chi connectivity index (χ1n) is 12.8. The Hall–Kier alpha value is -2.82. The minimum absolute atomic E-state index is 0.0239. The molecule has 0 aromatic carbocycles. The molecule has 202 valence electrons. The van der Waals surface area contributed by atoms with E-state index in [0.29, 0.717) is 12.3 Å². The number of rotatable bonds is 8. The molecule has 0 unspecified atom stereocenters. The van der Waals surface area contributed by atoms with Gasteiger partial charge in [0, 0.05) is 56.3 Å². The van der Waals surface area contributed by atoms with Gasteiger partial charge in [0.15, 0.2) is 6.61 Å². The molecule has 0 radical (unpaired) electrons. The lowest BCUT2D eigenvalue weighted by Gasteiger charge is -2.28. The van der Waals surface area contributed by atoms with Crippen molar-refractivity contribution < 1.29 is 27.1 Å². The van der Waals surface area contributed by atoms with Crippen LogP contribution in [0.5, 0.6) is 5.88 Å². The third-order valence-electron chi connectivity index (χ3n) is 7.16. The van der Waals surface area contributed by atoms with Crippen LogP contribution in [0.3, 0.4) is 0 Å². The summed E-state index contributed by atoms with van der Waals surface area (Å²) < 4.78 is 57.0. The maximum absolute atomic E-state index is 13.6. The topological polar surface area (TPSA) is 72.6 Å². The summed E-state index contributed by atoms with van der Waals surface area (Å²) in [5, 5.41) is 3.61. The predicted octanol–water partition coefficient (Wildman–Crippen LogP) is 4.33. The Morgan fingerprint density at radius 1 is 1.19 bits per heavy atom. The maximum atomic E-state index is 13.6. The van der Waals surface area contributed by atoms with E-state index in [9.17, 15) is 22.4 Å². The lowest BCUT2D eigenvalue weighted by atomic mass is 9.81. The molecule has 37 heavy (non-hydrogen) atoms. The van der Waals surface area contributed by atoms with E-state index in [4.69, 9.17) is 4.74 Å². The normalized spacial score (nSPS) is 21.1. The SMILES string of the molecule is Cn1cc(CC(=O)N=CC2CCC(CCN3CCc4ccc(OCC(F)(F)F)nc4CC3)CC2)c(F)n1. The van der Waals surface area contributed by atoms with Crippen LogP contribution in [-0.4, -0.2) is 64.2 Å². The first kappa shape index (κ1) is 27.2. The number of carbonyl (C=O) groups is 1. The van der Waals surface area contributed by atoms with E-state index in [1.807, 2.05) is 6.07 Å². The fourth-order valence-electron chi connectivity index (χ4n) is 5.09. The summed E-state index contributed by atoms with van der Waals surface area (Å²) in [5.41, 5.74) is 2.15. The summed E-state index contributed by atoms with van der Waals surface area (Å²) in [6.07, 6.45) is 5.51. The number of hydrogen-bond acceptors (Lipinski definition) is 5. The Kier molecular flexibility index (Phi) is 8.94. The van der Waals surface area contributed by atoms with Crippen LogP contribution in [0.25, 0.3) is 0 Å². The highest BCUT2D eigenvalue weighted by molar-refractivity contribution is 5.87. The molecule has 1 fully saturated rings. The molecule has 0 atom stereocenters. The van der Waals surface area contributed by atoms with Gasteiger partial charge in [-0.05, 0) is 62.5 Å². The van der Waals surface area contributed by atoms with E-state index in [1.54, 1.807) is 13.3 Å². The molecule has 3 heterocycles. The minimum Gasteiger partial charge on any atom is -0.468 e. The van der Waals surface area contributed by atoms with Gasteiger partial charge in [-0.15, -0.1) is 5.10 Å². The maximum Gasteiger partial charge on any atom is 0.422 e. The third-order valence-corrected chi connectivity index (χ3v) is 7.16. The van der Waals surface area contributed by atoms with Gasteiger partial charge in [0.05, 0.1) is 6.42 Å². The van der Waals surface area contributed by atoms with Crippen molar-refractivity contribution in [3.05, 3.63) is 41.1 Å². The monoisotopic (exact) mass is 523 g/mol. The third kappa shape index (κ3) is 8.34. The van der Waals surface area contributed by atoms with Crippen LogP contribution in [0.4, 0.5) is 17.6 Å². The van der Waals surface area contributed by atoms with Crippen molar-refractivity contribution in [3.63, 3.8) is 0 Å². The molecule has 1 amide bonds. The van der Waals surface area contributed by atoms with Crippen LogP contribution in [0, 0.1) is 17.8 Å². The molecular weight excluding hydrogens is 490 g/mol. The second-order valence-electron chi connectivity index (χ2n) is 10.0. The second kappa shape index (κ2) is 12.1. The van der Waals surface area contributed by atoms with E-state index >= 15 is 0 Å². The van der Waals surface area contributed by atoms with Crippen LogP contribution >= 0.6 is 0 Å². The molecule has 2 aromatic rings. The Labute approximate surface area is 213 Å². The molecule has 1 aliphatic heterocycles. The van der Waals surface area contributed by atoms with Crippen LogP contribution in [0.1, 0.15) is 48.9 Å². The molecule has 1 aliphatic carbocycles. The summed E-state index contributed by atoms with van der Waals surface area (Å²) in [6.45, 7) is 1.37. The van der Waals surface area contributed by atoms with E-state index < -0.39 is 18.7 Å². The van der Waals surface area contributed by atoms with Crippen LogP contribution in [0.2, 0.25) is 0 Å². The summed E-state index contributed by atoms with van der Waals surface area (Å²) in [7, 11) is 1.61. The Morgan fingerprint density at radius 2 is 1.95 bits per heavy atom. The number of aliphatic imine (C=N–C) groups is 1. The number of fused-ring (bicyclic) bond motifs is 1. The summed E-state index contributed by atoms with van der Waals surface area (Å²) in [5.74, 6) is -0.0706. The number of aryl methyl sites for hydroxylation is 1. The molecule has 0 bridgehead atoms. The molecule has 0 spiro atoms. The van der Waals surface area contributed by atoms with Crippen molar-refractivity contribution in [2.75, 3.05) is 26.2 Å². The zero-order chi connectivity index (χ0) is 26.4. The molecule has 0 saturated heterocycles. The zero-order valence-corrected chi connectivity index (χ0v) is 21.0. The van der Waals surface area contributed by atoms with Crippen molar-refractivity contribution >= 4 is 12.1 Å². The van der Waals surface area contributed by atoms with Gasteiger partial charge in [-0.1, -0.05) is 6.07 Å². The Bertz CT molecular complexity index is 1090. The number of nitrogens with zero attached hydrogens (tertiary/aromatic N) is 5. The van der Waals surface area contributed by atoms with Crippen molar-refractivity contribution in [1.82, 2.24) is 19.7 Å². The van der Waals surface area contributed by atoms with Crippen molar-refractivity contribution in [2.24, 2.45) is 23.9 Å². The Morgan fingerprint density at radius 3 is 2.65 bits per heavy atom. The number of pyridine rings is 1. The summed E-state index contributed by atoms with van der Waals surface area (Å²) in [6, 6.07) is 3.35. The van der Waals surface area contributed by atoms with E-state index in [2.05, 4.69) is 20.0 Å². The quantitative estimate of drug-likeness (QED) is 0.381. The number of alkyl halides is 3. The fourth-order valence-corrected chi connectivity index (χ4v) is 5.09. The molecule has 2 aromatic heterocycles. The zero-order valence-electron chi connectivity index (χ0n) is 21.0. The van der Waals surface area contributed by atoms with Gasteiger partial charge in [0.2, 0.25) is 17.7 Å². The van der Waals surface area contributed by atoms with Gasteiger partial charge in [0.25, 0.3) is 0 Å². The average molecular weight is 524 g/mol. The summed E-state index contributed by atoms with van der Waals surface area (Å²) >= 11 is 0. The minimum atomic E-state index is -4.38. The van der Waals surface area contributed by atoms with Crippen molar-refractivity contribution in [1.29, 1.82) is 0 Å². The molecule has 2 aliphatic rings. The lowest BCUT2D eigenvalue weighted by Crippen LogP contribution is -2.29. The van der Waals surface area contributed by atoms with Crippen LogP contribution in [-0.2, 0) is 31.1 Å². The highest BCUT2D eigenvalue weighted by Crippen LogP contribution is 2.30. The van der Waals surface area contributed by atoms with E-state index in [1.165, 1.54) is 16.9 Å². The molecule has 7 nitrogen and oxygen atoms in total. The molecule has 4 rings (SSSR count). The number of hydrogen-bond donors (Lipinski definition) is 0. The predicted molar refractivity (Wildman–Crippen MR) is 130 cm³/mol. The second-order valence-corrected chi connectivity index (χ2v) is 10.0. The van der Waals surface area contributed by atoms with Crippen molar-refractivity contribution in [3.8, 4) is 5.88 Å². The van der Waals surface area contributed by atoms with Gasteiger partial charge in [-0.3, -0.25) is 9.48 Å². The highest BCUT2D eigenvalue weighted by atomic mass is 19.4. The number of halogens is 4. The molecular formula is C26H33F4N5O2. The van der Waals surface area contributed by atoms with E-state index in [-0.39, 0.29) is 29.7 Å². The standard InChI is InChI=1S/C26H33F4N5O2/c1-34-16-21(25(27)33-34)14-23(36)31-15-19-4-2-18(3-5-19)8-11-35-12-9-20-6-7-24(32-22(20)10-13-35)37-17-26(28,29)30/h6-7,15-16,18-19H,2-5,8-14,17H2,1H3. The number of aromatic nitrogens is 3. The summed E-state index contributed by atoms with van der Waals surface area (Å²) in [4.78, 5) is 22.9. The van der Waals surface area contributed by atoms with Crippen LogP contribution < -0.4 is 4.74 Å². The smallest absolute Gasteiger partial charge is 0.422 e. The molecule has 11 heteroatoms. The first-order valence-corrected chi connectivity index (χ1v) is 12.8. The van der Waals surface area contributed by atoms with Gasteiger partial charge in [-0.25, -0.2) is 9.98 Å². The fraction of sp³-hybridized carbons (Fsp3) is 0.615. The van der Waals surface area contributed by atoms with Crippen molar-refractivity contribution in [2.45, 2.75) is 57.5 Å². The Balaban J connectivity index is 1.16. The average Bonchev–Trinajstić information content (AvgIpc) is 3.04. The first-order chi connectivity index (χ1) is 17.6. The number of carbonyl (C=O) groups excluding carboxylic acids is 1. The molecule has 1 saturated carbocycles. The largest absolute Gasteiger partial charge is 0.468 e. The van der Waals surface area contributed by atoms with Gasteiger partial charge in [-0.2, -0.15) is 17.6 Å². The van der Waals surface area contributed by atoms with Gasteiger partial charge in [0.1, 0.15) is 0 Å². The van der Waals surface area contributed by atoms with Gasteiger partial charge >= 0.3 is 6.18 Å². The van der Waals surface area contributed by atoms with Crippen LogP contribution in [0.15, 0.2) is 23.3 Å².